The van der Waals surface area contributed by atoms with Crippen molar-refractivity contribution in [3.8, 4) is 11.8 Å². The number of nitrogens with zero attached hydrogens (tertiary/aromatic N) is 4. The summed E-state index contributed by atoms with van der Waals surface area (Å²) in [6, 6.07) is 9.88. The first-order valence-corrected chi connectivity index (χ1v) is 12.6. The maximum Gasteiger partial charge on any atom is 0.410 e. The molecule has 3 heterocycles. The van der Waals surface area contributed by atoms with Gasteiger partial charge in [-0.1, -0.05) is 25.1 Å². The molecule has 1 aromatic carbocycles. The molecule has 0 aliphatic carbocycles. The monoisotopic (exact) mass is 507 g/mol. The van der Waals surface area contributed by atoms with Gasteiger partial charge in [0, 0.05) is 29.7 Å². The minimum absolute atomic E-state index is 0.0577. The van der Waals surface area contributed by atoms with Crippen LogP contribution in [-0.2, 0) is 29.0 Å². The number of benzene rings is 1. The molecule has 1 aliphatic heterocycles. The number of hydrogen-bond donors (Lipinski definition) is 1. The van der Waals surface area contributed by atoms with Gasteiger partial charge in [0.1, 0.15) is 23.4 Å². The Hall–Kier alpha value is -3.84. The zero-order valence-corrected chi connectivity index (χ0v) is 21.4. The number of hydrogen-bond acceptors (Lipinski definition) is 7. The average Bonchev–Trinajstić information content (AvgIpc) is 3.45. The number of para-hydroxylation sites is 1. The standard InChI is InChI=1S/C26H29N5O4S/c1-17(19-6-4-5-7-22(19)34-3)12-24(32)29-25-21(13-27)20-8-9-30(15-23(20)36-25)26(33)35-11-10-31-16-28-14-18(31)2/h4-7,14,16-17H,8-12,15H2,1-3H3,(H,29,32). The average molecular weight is 508 g/mol. The molecule has 9 nitrogen and oxygen atoms in total. The van der Waals surface area contributed by atoms with E-state index in [4.69, 9.17) is 9.47 Å². The summed E-state index contributed by atoms with van der Waals surface area (Å²) in [5.74, 6) is 0.515. The summed E-state index contributed by atoms with van der Waals surface area (Å²) in [7, 11) is 1.61. The number of thiophene rings is 1. The number of methoxy groups -OCH3 is 1. The number of carbonyl (C=O) groups excluding carboxylic acids is 2. The van der Waals surface area contributed by atoms with E-state index >= 15 is 0 Å². The van der Waals surface area contributed by atoms with Crippen LogP contribution in [0.2, 0.25) is 0 Å². The Morgan fingerprint density at radius 1 is 1.33 bits per heavy atom. The Kier molecular flexibility index (Phi) is 7.90. The lowest BCUT2D eigenvalue weighted by molar-refractivity contribution is -0.116. The van der Waals surface area contributed by atoms with Gasteiger partial charge < -0.3 is 24.3 Å². The van der Waals surface area contributed by atoms with Gasteiger partial charge in [-0.2, -0.15) is 5.26 Å². The van der Waals surface area contributed by atoms with E-state index in [0.29, 0.717) is 36.6 Å². The molecule has 1 atom stereocenters. The summed E-state index contributed by atoms with van der Waals surface area (Å²) in [5.41, 5.74) is 3.34. The Morgan fingerprint density at radius 2 is 2.14 bits per heavy atom. The Bertz CT molecular complexity index is 1290. The van der Waals surface area contributed by atoms with Gasteiger partial charge in [0.05, 0.1) is 32.1 Å². The second-order valence-electron chi connectivity index (χ2n) is 8.73. The molecule has 1 unspecified atom stereocenters. The van der Waals surface area contributed by atoms with Gasteiger partial charge in [-0.3, -0.25) is 4.79 Å². The van der Waals surface area contributed by atoms with Crippen molar-refractivity contribution in [3.63, 3.8) is 0 Å². The van der Waals surface area contributed by atoms with E-state index in [1.54, 1.807) is 24.5 Å². The van der Waals surface area contributed by atoms with Crippen LogP contribution in [0.3, 0.4) is 0 Å². The minimum atomic E-state index is -0.387. The molecular formula is C26H29N5O4S. The Balaban J connectivity index is 1.37. The van der Waals surface area contributed by atoms with Crippen LogP contribution in [-0.4, -0.2) is 46.7 Å². The largest absolute Gasteiger partial charge is 0.496 e. The normalized spacial score (nSPS) is 13.4. The molecule has 0 spiro atoms. The van der Waals surface area contributed by atoms with Gasteiger partial charge in [-0.05, 0) is 36.5 Å². The number of carbonyl (C=O) groups is 2. The minimum Gasteiger partial charge on any atom is -0.496 e. The highest BCUT2D eigenvalue weighted by Crippen LogP contribution is 2.37. The number of nitriles is 1. The SMILES string of the molecule is COc1ccccc1C(C)CC(=O)Nc1sc2c(c1C#N)CCN(C(=O)OCCn1cncc1C)C2. The van der Waals surface area contributed by atoms with Gasteiger partial charge in [0.25, 0.3) is 0 Å². The number of aromatic nitrogens is 2. The quantitative estimate of drug-likeness (QED) is 0.482. The molecule has 0 bridgehead atoms. The molecule has 2 aromatic heterocycles. The van der Waals surface area contributed by atoms with Crippen LogP contribution in [0.1, 0.15) is 46.5 Å². The third kappa shape index (κ3) is 5.52. The predicted molar refractivity (Wildman–Crippen MR) is 136 cm³/mol. The molecule has 188 valence electrons. The highest BCUT2D eigenvalue weighted by Gasteiger charge is 2.28. The number of anilines is 1. The van der Waals surface area contributed by atoms with Crippen LogP contribution in [0, 0.1) is 18.3 Å². The second-order valence-corrected chi connectivity index (χ2v) is 9.83. The number of ether oxygens (including phenoxy) is 2. The number of imidazole rings is 1. The fourth-order valence-corrected chi connectivity index (χ4v) is 5.58. The molecule has 2 amide bonds. The lowest BCUT2D eigenvalue weighted by Gasteiger charge is -2.26. The zero-order chi connectivity index (χ0) is 25.7. The lowest BCUT2D eigenvalue weighted by Crippen LogP contribution is -2.36. The van der Waals surface area contributed by atoms with Crippen LogP contribution in [0.15, 0.2) is 36.8 Å². The summed E-state index contributed by atoms with van der Waals surface area (Å²) >= 11 is 1.35. The molecule has 0 saturated carbocycles. The smallest absolute Gasteiger partial charge is 0.410 e. The molecule has 1 N–H and O–H groups in total. The third-order valence-electron chi connectivity index (χ3n) is 6.32. The number of amides is 2. The zero-order valence-electron chi connectivity index (χ0n) is 20.6. The van der Waals surface area contributed by atoms with E-state index in [0.717, 1.165) is 27.4 Å². The fourth-order valence-electron chi connectivity index (χ4n) is 4.35. The first-order valence-electron chi connectivity index (χ1n) is 11.8. The summed E-state index contributed by atoms with van der Waals surface area (Å²) < 4.78 is 12.8. The molecule has 0 saturated heterocycles. The number of nitrogens with one attached hydrogen (secondary N) is 1. The van der Waals surface area contributed by atoms with Crippen molar-refractivity contribution in [1.82, 2.24) is 14.5 Å². The van der Waals surface area contributed by atoms with E-state index < -0.39 is 0 Å². The summed E-state index contributed by atoms with van der Waals surface area (Å²) in [4.78, 5) is 32.0. The van der Waals surface area contributed by atoms with Crippen molar-refractivity contribution in [1.29, 1.82) is 5.26 Å². The van der Waals surface area contributed by atoms with Crippen molar-refractivity contribution >= 4 is 28.3 Å². The summed E-state index contributed by atoms with van der Waals surface area (Å²) in [6.45, 7) is 5.52. The van der Waals surface area contributed by atoms with Crippen LogP contribution in [0.5, 0.6) is 5.75 Å². The summed E-state index contributed by atoms with van der Waals surface area (Å²) in [6.07, 6.45) is 3.87. The predicted octanol–water partition coefficient (Wildman–Crippen LogP) is 4.46. The number of rotatable bonds is 8. The molecule has 4 rings (SSSR count). The molecule has 0 radical (unpaired) electrons. The molecule has 1 aliphatic rings. The third-order valence-corrected chi connectivity index (χ3v) is 7.45. The van der Waals surface area contributed by atoms with Crippen molar-refractivity contribution < 1.29 is 19.1 Å². The number of fused-ring (bicyclic) bond motifs is 1. The highest BCUT2D eigenvalue weighted by molar-refractivity contribution is 7.16. The van der Waals surface area contributed by atoms with E-state index in [9.17, 15) is 14.9 Å². The van der Waals surface area contributed by atoms with E-state index in [2.05, 4.69) is 16.4 Å². The van der Waals surface area contributed by atoms with Crippen LogP contribution in [0.25, 0.3) is 0 Å². The van der Waals surface area contributed by atoms with Gasteiger partial charge >= 0.3 is 6.09 Å². The molecule has 0 fully saturated rings. The van der Waals surface area contributed by atoms with Gasteiger partial charge in [0.2, 0.25) is 5.91 Å². The van der Waals surface area contributed by atoms with Gasteiger partial charge in [-0.25, -0.2) is 9.78 Å². The van der Waals surface area contributed by atoms with Crippen molar-refractivity contribution in [3.05, 3.63) is 64.1 Å². The first-order chi connectivity index (χ1) is 17.4. The van der Waals surface area contributed by atoms with Crippen LogP contribution < -0.4 is 10.1 Å². The van der Waals surface area contributed by atoms with Crippen molar-refractivity contribution in [2.24, 2.45) is 0 Å². The van der Waals surface area contributed by atoms with E-state index in [-0.39, 0.29) is 30.9 Å². The molecule has 36 heavy (non-hydrogen) atoms. The van der Waals surface area contributed by atoms with Crippen LogP contribution in [0.4, 0.5) is 9.80 Å². The molecule has 3 aromatic rings. The van der Waals surface area contributed by atoms with E-state index in [1.165, 1.54) is 11.3 Å². The van der Waals surface area contributed by atoms with Gasteiger partial charge in [0.15, 0.2) is 0 Å². The summed E-state index contributed by atoms with van der Waals surface area (Å²) in [5, 5.41) is 13.2. The maximum absolute atomic E-state index is 12.8. The van der Waals surface area contributed by atoms with Gasteiger partial charge in [-0.15, -0.1) is 11.3 Å². The Morgan fingerprint density at radius 3 is 2.86 bits per heavy atom. The molecule has 10 heteroatoms. The maximum atomic E-state index is 12.8. The fraction of sp³-hybridized carbons (Fsp3) is 0.385. The van der Waals surface area contributed by atoms with E-state index in [1.807, 2.05) is 42.7 Å². The number of aryl methyl sites for hydroxylation is 1. The first kappa shape index (κ1) is 25.3. The molecular weight excluding hydrogens is 478 g/mol. The van der Waals surface area contributed by atoms with Crippen LogP contribution >= 0.6 is 11.3 Å². The lowest BCUT2D eigenvalue weighted by atomic mass is 9.96. The van der Waals surface area contributed by atoms with Crippen molar-refractivity contribution in [2.75, 3.05) is 25.6 Å². The van der Waals surface area contributed by atoms with Crippen molar-refractivity contribution in [2.45, 2.75) is 45.7 Å². The highest BCUT2D eigenvalue weighted by atomic mass is 32.1. The second kappa shape index (κ2) is 11.3. The topological polar surface area (TPSA) is 109 Å². The Labute approximate surface area is 214 Å².